The highest BCUT2D eigenvalue weighted by molar-refractivity contribution is 9.10. The van der Waals surface area contributed by atoms with E-state index in [4.69, 9.17) is 0 Å². The first kappa shape index (κ1) is 9.74. The number of aromatic nitrogens is 2. The van der Waals surface area contributed by atoms with Crippen molar-refractivity contribution in [3.63, 3.8) is 0 Å². The molecule has 0 unspecified atom stereocenters. The van der Waals surface area contributed by atoms with E-state index in [9.17, 15) is 0 Å². The second-order valence-electron chi connectivity index (χ2n) is 3.01. The van der Waals surface area contributed by atoms with Crippen molar-refractivity contribution in [2.24, 2.45) is 0 Å². The standard InChI is InChI=1S/C8H14BrN3/c1-6(2)12-7(4-10-3)5-11-8(12)9/h5-6,10H,4H2,1-3H3. The fourth-order valence-corrected chi connectivity index (χ4v) is 1.97. The Hall–Kier alpha value is -0.350. The molecular weight excluding hydrogens is 218 g/mol. The number of halogens is 1. The average molecular weight is 232 g/mol. The van der Waals surface area contributed by atoms with Crippen LogP contribution in [0.1, 0.15) is 25.6 Å². The van der Waals surface area contributed by atoms with Crippen LogP contribution in [-0.2, 0) is 6.54 Å². The van der Waals surface area contributed by atoms with Crippen molar-refractivity contribution in [3.8, 4) is 0 Å². The highest BCUT2D eigenvalue weighted by Gasteiger charge is 2.08. The Morgan fingerprint density at radius 1 is 1.67 bits per heavy atom. The molecular formula is C8H14BrN3. The molecule has 0 aliphatic carbocycles. The topological polar surface area (TPSA) is 29.9 Å². The monoisotopic (exact) mass is 231 g/mol. The van der Waals surface area contributed by atoms with Gasteiger partial charge in [-0.1, -0.05) is 0 Å². The van der Waals surface area contributed by atoms with E-state index in [1.807, 2.05) is 13.2 Å². The third kappa shape index (κ3) is 1.87. The van der Waals surface area contributed by atoms with Crippen molar-refractivity contribution in [2.45, 2.75) is 26.4 Å². The fourth-order valence-electron chi connectivity index (χ4n) is 1.23. The van der Waals surface area contributed by atoms with Crippen LogP contribution in [0.25, 0.3) is 0 Å². The first-order chi connectivity index (χ1) is 5.66. The Morgan fingerprint density at radius 2 is 2.33 bits per heavy atom. The molecule has 0 saturated carbocycles. The lowest BCUT2D eigenvalue weighted by molar-refractivity contribution is 0.552. The van der Waals surface area contributed by atoms with Gasteiger partial charge in [-0.25, -0.2) is 4.98 Å². The zero-order valence-electron chi connectivity index (χ0n) is 7.63. The van der Waals surface area contributed by atoms with E-state index in [0.717, 1.165) is 11.3 Å². The van der Waals surface area contributed by atoms with Gasteiger partial charge in [0, 0.05) is 12.6 Å². The van der Waals surface area contributed by atoms with Gasteiger partial charge < -0.3 is 9.88 Å². The minimum atomic E-state index is 0.449. The summed E-state index contributed by atoms with van der Waals surface area (Å²) in [4.78, 5) is 4.20. The zero-order valence-corrected chi connectivity index (χ0v) is 9.22. The average Bonchev–Trinajstić information content (AvgIpc) is 2.32. The Bertz CT molecular complexity index is 255. The van der Waals surface area contributed by atoms with Gasteiger partial charge in [0.2, 0.25) is 0 Å². The molecule has 0 aliphatic rings. The van der Waals surface area contributed by atoms with Crippen molar-refractivity contribution in [1.82, 2.24) is 14.9 Å². The van der Waals surface area contributed by atoms with E-state index in [0.29, 0.717) is 6.04 Å². The maximum Gasteiger partial charge on any atom is 0.177 e. The van der Waals surface area contributed by atoms with Crippen molar-refractivity contribution >= 4 is 15.9 Å². The van der Waals surface area contributed by atoms with E-state index < -0.39 is 0 Å². The highest BCUT2D eigenvalue weighted by atomic mass is 79.9. The van der Waals surface area contributed by atoms with Gasteiger partial charge >= 0.3 is 0 Å². The molecule has 0 fully saturated rings. The third-order valence-corrected chi connectivity index (χ3v) is 2.29. The second kappa shape index (κ2) is 4.05. The molecule has 1 aromatic rings. The van der Waals surface area contributed by atoms with Crippen LogP contribution in [0, 0.1) is 0 Å². The molecule has 0 amide bonds. The zero-order chi connectivity index (χ0) is 9.14. The normalized spacial score (nSPS) is 11.1. The summed E-state index contributed by atoms with van der Waals surface area (Å²) in [6.45, 7) is 5.15. The lowest BCUT2D eigenvalue weighted by Crippen LogP contribution is -2.12. The summed E-state index contributed by atoms with van der Waals surface area (Å²) >= 11 is 3.41. The molecule has 3 nitrogen and oxygen atoms in total. The molecule has 1 rings (SSSR count). The minimum Gasteiger partial charge on any atom is -0.319 e. The predicted octanol–water partition coefficient (Wildman–Crippen LogP) is 1.95. The molecule has 0 radical (unpaired) electrons. The second-order valence-corrected chi connectivity index (χ2v) is 3.72. The summed E-state index contributed by atoms with van der Waals surface area (Å²) in [5.41, 5.74) is 1.21. The Morgan fingerprint density at radius 3 is 2.83 bits per heavy atom. The maximum absolute atomic E-state index is 4.20. The van der Waals surface area contributed by atoms with E-state index in [2.05, 4.69) is 44.6 Å². The first-order valence-electron chi connectivity index (χ1n) is 4.03. The number of hydrogen-bond donors (Lipinski definition) is 1. The number of hydrogen-bond acceptors (Lipinski definition) is 2. The van der Waals surface area contributed by atoms with Gasteiger partial charge in [-0.05, 0) is 36.8 Å². The van der Waals surface area contributed by atoms with Crippen LogP contribution < -0.4 is 5.32 Å². The van der Waals surface area contributed by atoms with Crippen LogP contribution in [0.2, 0.25) is 0 Å². The molecule has 0 spiro atoms. The summed E-state index contributed by atoms with van der Waals surface area (Å²) in [5, 5.41) is 3.11. The van der Waals surface area contributed by atoms with Gasteiger partial charge in [0.15, 0.2) is 4.73 Å². The fraction of sp³-hybridized carbons (Fsp3) is 0.625. The summed E-state index contributed by atoms with van der Waals surface area (Å²) in [6, 6.07) is 0.449. The Kier molecular flexibility index (Phi) is 3.29. The Labute approximate surface area is 81.3 Å². The molecule has 1 heterocycles. The van der Waals surface area contributed by atoms with E-state index in [-0.39, 0.29) is 0 Å². The first-order valence-corrected chi connectivity index (χ1v) is 4.82. The van der Waals surface area contributed by atoms with E-state index in [1.165, 1.54) is 5.69 Å². The quantitative estimate of drug-likeness (QED) is 0.863. The molecule has 1 N–H and O–H groups in total. The van der Waals surface area contributed by atoms with Gasteiger partial charge in [0.25, 0.3) is 0 Å². The van der Waals surface area contributed by atoms with Crippen molar-refractivity contribution in [1.29, 1.82) is 0 Å². The summed E-state index contributed by atoms with van der Waals surface area (Å²) < 4.78 is 3.07. The van der Waals surface area contributed by atoms with E-state index >= 15 is 0 Å². The summed E-state index contributed by atoms with van der Waals surface area (Å²) in [6.07, 6.45) is 1.89. The lowest BCUT2D eigenvalue weighted by Gasteiger charge is -2.12. The van der Waals surface area contributed by atoms with Crippen LogP contribution >= 0.6 is 15.9 Å². The molecule has 0 bridgehead atoms. The van der Waals surface area contributed by atoms with Crippen LogP contribution in [-0.4, -0.2) is 16.6 Å². The summed E-state index contributed by atoms with van der Waals surface area (Å²) in [7, 11) is 1.94. The molecule has 0 saturated heterocycles. The van der Waals surface area contributed by atoms with Crippen LogP contribution in [0.4, 0.5) is 0 Å². The molecule has 68 valence electrons. The van der Waals surface area contributed by atoms with Crippen molar-refractivity contribution in [2.75, 3.05) is 7.05 Å². The molecule has 1 aromatic heterocycles. The van der Waals surface area contributed by atoms with Crippen LogP contribution in [0.15, 0.2) is 10.9 Å². The van der Waals surface area contributed by atoms with E-state index in [1.54, 1.807) is 0 Å². The molecule has 0 aliphatic heterocycles. The maximum atomic E-state index is 4.20. The van der Waals surface area contributed by atoms with Crippen LogP contribution in [0.5, 0.6) is 0 Å². The van der Waals surface area contributed by atoms with Crippen molar-refractivity contribution < 1.29 is 0 Å². The van der Waals surface area contributed by atoms with Gasteiger partial charge in [0.05, 0.1) is 11.9 Å². The van der Waals surface area contributed by atoms with Gasteiger partial charge in [-0.15, -0.1) is 0 Å². The van der Waals surface area contributed by atoms with Crippen molar-refractivity contribution in [3.05, 3.63) is 16.6 Å². The number of rotatable bonds is 3. The largest absolute Gasteiger partial charge is 0.319 e. The number of nitrogens with one attached hydrogen (secondary N) is 1. The smallest absolute Gasteiger partial charge is 0.177 e. The van der Waals surface area contributed by atoms with Crippen LogP contribution in [0.3, 0.4) is 0 Å². The molecule has 12 heavy (non-hydrogen) atoms. The molecule has 0 atom stereocenters. The van der Waals surface area contributed by atoms with Gasteiger partial charge in [0.1, 0.15) is 0 Å². The SMILES string of the molecule is CNCc1cnc(Br)n1C(C)C. The Balaban J connectivity index is 2.95. The van der Waals surface area contributed by atoms with Gasteiger partial charge in [-0.3, -0.25) is 0 Å². The number of nitrogens with zero attached hydrogens (tertiary/aromatic N) is 2. The lowest BCUT2D eigenvalue weighted by atomic mass is 10.3. The minimum absolute atomic E-state index is 0.449. The van der Waals surface area contributed by atoms with Gasteiger partial charge in [-0.2, -0.15) is 0 Å². The number of imidazole rings is 1. The molecule has 0 aromatic carbocycles. The third-order valence-electron chi connectivity index (χ3n) is 1.70. The molecule has 4 heteroatoms. The highest BCUT2D eigenvalue weighted by Crippen LogP contribution is 2.17. The predicted molar refractivity (Wildman–Crippen MR) is 53.1 cm³/mol. The summed E-state index contributed by atoms with van der Waals surface area (Å²) in [5.74, 6) is 0.